The van der Waals surface area contributed by atoms with Crippen molar-refractivity contribution >= 4 is 5.91 Å². The zero-order valence-corrected chi connectivity index (χ0v) is 18.4. The molecule has 3 rings (SSSR count). The molecule has 0 aliphatic heterocycles. The van der Waals surface area contributed by atoms with Gasteiger partial charge in [-0.3, -0.25) is 9.69 Å². The van der Waals surface area contributed by atoms with Crippen molar-refractivity contribution in [1.29, 1.82) is 0 Å². The Bertz CT molecular complexity index is 958. The predicted molar refractivity (Wildman–Crippen MR) is 117 cm³/mol. The number of furan rings is 1. The fraction of sp³-hybridized carbons (Fsp3) is 0.435. The maximum Gasteiger partial charge on any atom is 0.291 e. The summed E-state index contributed by atoms with van der Waals surface area (Å²) in [4.78, 5) is 19.5. The normalized spacial score (nSPS) is 12.5. The van der Waals surface area contributed by atoms with Crippen LogP contribution in [0.5, 0.6) is 0 Å². The number of aryl methyl sites for hydroxylation is 1. The molecule has 0 aliphatic carbocycles. The number of para-hydroxylation sites is 1. The van der Waals surface area contributed by atoms with Gasteiger partial charge in [-0.05, 0) is 49.7 Å². The van der Waals surface area contributed by atoms with Crippen molar-refractivity contribution in [1.82, 2.24) is 25.0 Å². The van der Waals surface area contributed by atoms with Gasteiger partial charge >= 0.3 is 0 Å². The fourth-order valence-corrected chi connectivity index (χ4v) is 3.71. The summed E-state index contributed by atoms with van der Waals surface area (Å²) in [5.41, 5.74) is 2.12. The van der Waals surface area contributed by atoms with Crippen LogP contribution >= 0.6 is 0 Å². The Labute approximate surface area is 178 Å². The number of benzene rings is 1. The van der Waals surface area contributed by atoms with Gasteiger partial charge in [0, 0.05) is 6.54 Å². The molecule has 2 aromatic heterocycles. The Morgan fingerprint density at radius 2 is 1.90 bits per heavy atom. The number of rotatable bonds is 9. The minimum Gasteiger partial charge on any atom is -0.468 e. The van der Waals surface area contributed by atoms with E-state index in [0.29, 0.717) is 18.3 Å². The molecular weight excluding hydrogens is 378 g/mol. The van der Waals surface area contributed by atoms with Crippen molar-refractivity contribution in [3.63, 3.8) is 0 Å². The molecule has 2 heterocycles. The summed E-state index contributed by atoms with van der Waals surface area (Å²) in [6.45, 7) is 12.5. The maximum atomic E-state index is 12.8. The molecule has 1 unspecified atom stereocenters. The van der Waals surface area contributed by atoms with Gasteiger partial charge < -0.3 is 9.73 Å². The van der Waals surface area contributed by atoms with Gasteiger partial charge in [-0.2, -0.15) is 0 Å². The molecule has 0 bridgehead atoms. The SMILES string of the molecule is CCN(CC)C(CNC(=O)c1nc(C)n(-c2ccccc2C(C)C)n1)c1ccco1. The summed E-state index contributed by atoms with van der Waals surface area (Å²) in [5, 5.41) is 7.49. The lowest BCUT2D eigenvalue weighted by molar-refractivity contribution is 0.0919. The minimum atomic E-state index is -0.289. The number of amides is 1. The lowest BCUT2D eigenvalue weighted by Crippen LogP contribution is -2.38. The van der Waals surface area contributed by atoms with Crippen molar-refractivity contribution in [2.45, 2.75) is 46.6 Å². The molecule has 160 valence electrons. The lowest BCUT2D eigenvalue weighted by atomic mass is 10.0. The number of carbonyl (C=O) groups excluding carboxylic acids is 1. The highest BCUT2D eigenvalue weighted by Crippen LogP contribution is 2.23. The first-order valence-corrected chi connectivity index (χ1v) is 10.5. The number of nitrogens with one attached hydrogen (secondary N) is 1. The zero-order chi connectivity index (χ0) is 21.7. The van der Waals surface area contributed by atoms with Crippen LogP contribution in [0, 0.1) is 6.92 Å². The second kappa shape index (κ2) is 9.71. The van der Waals surface area contributed by atoms with Crippen molar-refractivity contribution in [2.75, 3.05) is 19.6 Å². The van der Waals surface area contributed by atoms with Crippen molar-refractivity contribution in [3.8, 4) is 5.69 Å². The van der Waals surface area contributed by atoms with Crippen molar-refractivity contribution < 1.29 is 9.21 Å². The first-order chi connectivity index (χ1) is 14.5. The van der Waals surface area contributed by atoms with Gasteiger partial charge in [-0.25, -0.2) is 9.67 Å². The monoisotopic (exact) mass is 409 g/mol. The largest absolute Gasteiger partial charge is 0.468 e. The predicted octanol–water partition coefficient (Wildman–Crippen LogP) is 4.11. The molecule has 7 heteroatoms. The standard InChI is InChI=1S/C23H31N5O2/c1-6-27(7-2)20(21-13-10-14-30-21)15-24-23(29)22-25-17(5)28(26-22)19-12-9-8-11-18(19)16(3)4/h8-14,16,20H,6-7,15H2,1-5H3,(H,24,29). The van der Waals surface area contributed by atoms with Crippen LogP contribution in [-0.4, -0.2) is 45.2 Å². The molecule has 0 fully saturated rings. The van der Waals surface area contributed by atoms with Crippen LogP contribution in [-0.2, 0) is 0 Å². The highest BCUT2D eigenvalue weighted by molar-refractivity contribution is 5.90. The molecule has 1 N–H and O–H groups in total. The Morgan fingerprint density at radius 1 is 1.17 bits per heavy atom. The smallest absolute Gasteiger partial charge is 0.291 e. The lowest BCUT2D eigenvalue weighted by Gasteiger charge is -2.28. The summed E-state index contributed by atoms with van der Waals surface area (Å²) < 4.78 is 7.36. The summed E-state index contributed by atoms with van der Waals surface area (Å²) in [7, 11) is 0. The summed E-state index contributed by atoms with van der Waals surface area (Å²) >= 11 is 0. The van der Waals surface area contributed by atoms with Gasteiger partial charge in [-0.1, -0.05) is 45.9 Å². The molecule has 1 amide bonds. The molecule has 0 radical (unpaired) electrons. The van der Waals surface area contributed by atoms with Crippen LogP contribution in [0.15, 0.2) is 47.1 Å². The van der Waals surface area contributed by atoms with Gasteiger partial charge in [0.1, 0.15) is 11.6 Å². The van der Waals surface area contributed by atoms with E-state index in [0.717, 1.165) is 30.1 Å². The van der Waals surface area contributed by atoms with Crippen LogP contribution in [0.3, 0.4) is 0 Å². The van der Waals surface area contributed by atoms with Gasteiger partial charge in [0.15, 0.2) is 0 Å². The van der Waals surface area contributed by atoms with E-state index in [-0.39, 0.29) is 17.8 Å². The molecular formula is C23H31N5O2. The molecule has 0 spiro atoms. The molecule has 0 saturated carbocycles. The molecule has 0 saturated heterocycles. The summed E-state index contributed by atoms with van der Waals surface area (Å²) in [5.74, 6) is 1.73. The van der Waals surface area contributed by atoms with Gasteiger partial charge in [-0.15, -0.1) is 5.10 Å². The topological polar surface area (TPSA) is 76.2 Å². The molecule has 1 aromatic carbocycles. The summed E-state index contributed by atoms with van der Waals surface area (Å²) in [6.07, 6.45) is 1.66. The number of hydrogen-bond donors (Lipinski definition) is 1. The number of carbonyl (C=O) groups is 1. The van der Waals surface area contributed by atoms with E-state index in [2.05, 4.69) is 54.1 Å². The van der Waals surface area contributed by atoms with E-state index in [1.54, 1.807) is 10.9 Å². The highest BCUT2D eigenvalue weighted by Gasteiger charge is 2.23. The van der Waals surface area contributed by atoms with Crippen LogP contribution in [0.2, 0.25) is 0 Å². The Morgan fingerprint density at radius 3 is 2.53 bits per heavy atom. The average molecular weight is 410 g/mol. The highest BCUT2D eigenvalue weighted by atomic mass is 16.3. The van der Waals surface area contributed by atoms with Gasteiger partial charge in [0.2, 0.25) is 5.82 Å². The molecule has 3 aromatic rings. The minimum absolute atomic E-state index is 0.0381. The second-order valence-corrected chi connectivity index (χ2v) is 7.57. The van der Waals surface area contributed by atoms with E-state index in [1.165, 1.54) is 0 Å². The number of likely N-dealkylation sites (N-methyl/N-ethyl adjacent to an activating group) is 1. The Balaban J connectivity index is 1.79. The molecule has 0 aliphatic rings. The van der Waals surface area contributed by atoms with E-state index in [4.69, 9.17) is 4.42 Å². The summed E-state index contributed by atoms with van der Waals surface area (Å²) in [6, 6.07) is 11.8. The second-order valence-electron chi connectivity index (χ2n) is 7.57. The number of aromatic nitrogens is 3. The Kier molecular flexibility index (Phi) is 7.05. The van der Waals surface area contributed by atoms with E-state index in [9.17, 15) is 4.79 Å². The van der Waals surface area contributed by atoms with Gasteiger partial charge in [0.25, 0.3) is 5.91 Å². The third-order valence-corrected chi connectivity index (χ3v) is 5.34. The van der Waals surface area contributed by atoms with Crippen LogP contribution in [0.25, 0.3) is 5.69 Å². The number of nitrogens with zero attached hydrogens (tertiary/aromatic N) is 4. The van der Waals surface area contributed by atoms with E-state index in [1.807, 2.05) is 37.3 Å². The Hall–Kier alpha value is -2.93. The maximum absolute atomic E-state index is 12.8. The number of hydrogen-bond acceptors (Lipinski definition) is 5. The molecule has 7 nitrogen and oxygen atoms in total. The van der Waals surface area contributed by atoms with Crippen LogP contribution in [0.1, 0.15) is 67.4 Å². The van der Waals surface area contributed by atoms with Crippen LogP contribution < -0.4 is 5.32 Å². The van der Waals surface area contributed by atoms with Crippen molar-refractivity contribution in [2.24, 2.45) is 0 Å². The fourth-order valence-electron chi connectivity index (χ4n) is 3.71. The van der Waals surface area contributed by atoms with Crippen molar-refractivity contribution in [3.05, 3.63) is 65.6 Å². The first kappa shape index (κ1) is 21.8. The first-order valence-electron chi connectivity index (χ1n) is 10.5. The molecule has 30 heavy (non-hydrogen) atoms. The zero-order valence-electron chi connectivity index (χ0n) is 18.4. The third-order valence-electron chi connectivity index (χ3n) is 5.34. The van der Waals surface area contributed by atoms with E-state index >= 15 is 0 Å². The quantitative estimate of drug-likeness (QED) is 0.576. The third kappa shape index (κ3) is 4.62. The van der Waals surface area contributed by atoms with Gasteiger partial charge in [0.05, 0.1) is 18.0 Å². The molecule has 1 atom stereocenters. The average Bonchev–Trinajstić information content (AvgIpc) is 3.40. The van der Waals surface area contributed by atoms with Crippen LogP contribution in [0.4, 0.5) is 0 Å². The van der Waals surface area contributed by atoms with E-state index < -0.39 is 0 Å².